The zero-order chi connectivity index (χ0) is 34.4. The highest BCUT2D eigenvalue weighted by atomic mass is 14.9. The summed E-state index contributed by atoms with van der Waals surface area (Å²) in [6.07, 6.45) is 1.82. The molecule has 0 bridgehead atoms. The van der Waals surface area contributed by atoms with Crippen LogP contribution in [0.2, 0.25) is 0 Å². The van der Waals surface area contributed by atoms with Gasteiger partial charge in [0.1, 0.15) is 0 Å². The van der Waals surface area contributed by atoms with Crippen LogP contribution in [0, 0.1) is 0 Å². The fourth-order valence-corrected chi connectivity index (χ4v) is 7.63. The third-order valence-electron chi connectivity index (χ3n) is 10.1. The summed E-state index contributed by atoms with van der Waals surface area (Å²) in [5.41, 5.74) is 9.20. The molecule has 2 heterocycles. The molecule has 0 aliphatic rings. The van der Waals surface area contributed by atoms with Gasteiger partial charge in [-0.1, -0.05) is 158 Å². The second-order valence-electron chi connectivity index (χ2n) is 13.2. The third kappa shape index (κ3) is 5.10. The van der Waals surface area contributed by atoms with Gasteiger partial charge in [0.25, 0.3) is 0 Å². The topological polar surface area (TPSA) is 38.7 Å². The van der Waals surface area contributed by atoms with E-state index in [4.69, 9.17) is 9.97 Å². The van der Waals surface area contributed by atoms with Crippen LogP contribution in [0.15, 0.2) is 188 Å². The summed E-state index contributed by atoms with van der Waals surface area (Å²) in [7, 11) is 0. The number of pyridine rings is 1. The van der Waals surface area contributed by atoms with Crippen molar-refractivity contribution in [3.63, 3.8) is 0 Å². The van der Waals surface area contributed by atoms with Gasteiger partial charge in [-0.15, -0.1) is 0 Å². The van der Waals surface area contributed by atoms with Crippen LogP contribution in [0.3, 0.4) is 0 Å². The van der Waals surface area contributed by atoms with Gasteiger partial charge < -0.3 is 0 Å². The molecule has 0 fully saturated rings. The van der Waals surface area contributed by atoms with Gasteiger partial charge in [0.05, 0.1) is 17.1 Å². The van der Waals surface area contributed by atoms with Crippen molar-refractivity contribution >= 4 is 43.1 Å². The molecule has 0 aliphatic carbocycles. The molecule has 2 aromatic heterocycles. The molecule has 0 saturated heterocycles. The average Bonchev–Trinajstić information content (AvgIpc) is 3.24. The molecule has 0 aliphatic heterocycles. The Morgan fingerprint density at radius 1 is 0.288 bits per heavy atom. The summed E-state index contributed by atoms with van der Waals surface area (Å²) in [5.74, 6) is 0.688. The van der Waals surface area contributed by atoms with Gasteiger partial charge in [-0.2, -0.15) is 0 Å². The van der Waals surface area contributed by atoms with Crippen molar-refractivity contribution in [2.45, 2.75) is 0 Å². The fraction of sp³-hybridized carbons (Fsp3) is 0. The Balaban J connectivity index is 1.11. The Morgan fingerprint density at radius 3 is 1.38 bits per heavy atom. The van der Waals surface area contributed by atoms with E-state index < -0.39 is 0 Å². The van der Waals surface area contributed by atoms with Gasteiger partial charge in [-0.25, -0.2) is 9.97 Å². The van der Waals surface area contributed by atoms with Crippen molar-refractivity contribution in [3.05, 3.63) is 188 Å². The molecular formula is C49H31N3. The Hall–Kier alpha value is -6.97. The lowest BCUT2D eigenvalue weighted by atomic mass is 9.87. The summed E-state index contributed by atoms with van der Waals surface area (Å²) < 4.78 is 0. The Bertz CT molecular complexity index is 2920. The number of rotatable bonds is 5. The first-order valence-corrected chi connectivity index (χ1v) is 17.6. The van der Waals surface area contributed by atoms with Crippen molar-refractivity contribution in [3.8, 4) is 56.3 Å². The molecule has 3 heteroatoms. The first kappa shape index (κ1) is 29.9. The van der Waals surface area contributed by atoms with E-state index in [0.717, 1.165) is 39.3 Å². The summed E-state index contributed by atoms with van der Waals surface area (Å²) in [5, 5.41) is 10.2. The Morgan fingerprint density at radius 2 is 0.750 bits per heavy atom. The smallest absolute Gasteiger partial charge is 0.160 e. The van der Waals surface area contributed by atoms with Crippen molar-refractivity contribution in [1.82, 2.24) is 15.0 Å². The summed E-state index contributed by atoms with van der Waals surface area (Å²) in [6.45, 7) is 0. The molecule has 242 valence electrons. The van der Waals surface area contributed by atoms with E-state index in [9.17, 15) is 0 Å². The monoisotopic (exact) mass is 661 g/mol. The summed E-state index contributed by atoms with van der Waals surface area (Å²) in [6, 6.07) is 64.4. The predicted molar refractivity (Wildman–Crippen MR) is 217 cm³/mol. The number of benzene rings is 8. The van der Waals surface area contributed by atoms with E-state index in [2.05, 4.69) is 151 Å². The average molecular weight is 662 g/mol. The zero-order valence-corrected chi connectivity index (χ0v) is 28.2. The van der Waals surface area contributed by atoms with Gasteiger partial charge in [-0.05, 0) is 78.5 Å². The molecule has 0 spiro atoms. The zero-order valence-electron chi connectivity index (χ0n) is 28.2. The fourth-order valence-electron chi connectivity index (χ4n) is 7.63. The van der Waals surface area contributed by atoms with Crippen molar-refractivity contribution < 1.29 is 0 Å². The minimum atomic E-state index is 0.688. The van der Waals surface area contributed by atoms with E-state index in [0.29, 0.717) is 5.82 Å². The first-order chi connectivity index (χ1) is 25.8. The maximum absolute atomic E-state index is 5.13. The van der Waals surface area contributed by atoms with E-state index in [1.54, 1.807) is 0 Å². The molecular weight excluding hydrogens is 631 g/mol. The number of fused-ring (bicyclic) bond motifs is 8. The normalized spacial score (nSPS) is 11.5. The molecule has 0 unspecified atom stereocenters. The molecule has 0 amide bonds. The van der Waals surface area contributed by atoms with E-state index in [-0.39, 0.29) is 0 Å². The quantitative estimate of drug-likeness (QED) is 0.172. The lowest BCUT2D eigenvalue weighted by Crippen LogP contribution is -1.96. The third-order valence-corrected chi connectivity index (χ3v) is 10.1. The van der Waals surface area contributed by atoms with Crippen LogP contribution in [0.5, 0.6) is 0 Å². The SMILES string of the molecule is c1ccc(-c2cc(-c3ccc(-c4cc5c6ccccc6c6ccccc6c5c5ccccc45)cc3)nc(-c3ccc(-c4ccccn4)cc3)n2)cc1. The van der Waals surface area contributed by atoms with Crippen LogP contribution in [-0.2, 0) is 0 Å². The van der Waals surface area contributed by atoms with Crippen LogP contribution >= 0.6 is 0 Å². The molecule has 3 nitrogen and oxygen atoms in total. The van der Waals surface area contributed by atoms with E-state index in [1.807, 2.05) is 42.6 Å². The standard InChI is InChI=1S/C49H31N3/c1-2-12-33(13-3-1)46-31-47(52-49(51-46)36-27-25-34(26-28-36)45-20-10-11-29-50-45)35-23-21-32(22-24-35)43-30-44-39-16-5-4-14-37(39)38-15-6-8-18-41(38)48(44)42-19-9-7-17-40(42)43/h1-31H. The summed E-state index contributed by atoms with van der Waals surface area (Å²) in [4.78, 5) is 14.7. The molecule has 0 saturated carbocycles. The molecule has 10 aromatic rings. The lowest BCUT2D eigenvalue weighted by molar-refractivity contribution is 1.18. The molecule has 52 heavy (non-hydrogen) atoms. The largest absolute Gasteiger partial charge is 0.256 e. The summed E-state index contributed by atoms with van der Waals surface area (Å²) >= 11 is 0. The maximum Gasteiger partial charge on any atom is 0.160 e. The lowest BCUT2D eigenvalue weighted by Gasteiger charge is -2.16. The minimum Gasteiger partial charge on any atom is -0.256 e. The van der Waals surface area contributed by atoms with Gasteiger partial charge >= 0.3 is 0 Å². The number of hydrogen-bond acceptors (Lipinski definition) is 3. The van der Waals surface area contributed by atoms with Gasteiger partial charge in [-0.3, -0.25) is 4.98 Å². The Kier molecular flexibility index (Phi) is 7.14. The second kappa shape index (κ2) is 12.4. The van der Waals surface area contributed by atoms with E-state index >= 15 is 0 Å². The Labute approximate surface area is 301 Å². The van der Waals surface area contributed by atoms with Gasteiger partial charge in [0.15, 0.2) is 5.82 Å². The first-order valence-electron chi connectivity index (χ1n) is 17.6. The van der Waals surface area contributed by atoms with Gasteiger partial charge in [0.2, 0.25) is 0 Å². The molecule has 0 atom stereocenters. The minimum absolute atomic E-state index is 0.688. The molecule has 0 N–H and O–H groups in total. The highest BCUT2D eigenvalue weighted by molar-refractivity contribution is 6.33. The molecule has 8 aromatic carbocycles. The maximum atomic E-state index is 5.13. The highest BCUT2D eigenvalue weighted by Gasteiger charge is 2.16. The highest BCUT2D eigenvalue weighted by Crippen LogP contribution is 2.43. The van der Waals surface area contributed by atoms with Crippen LogP contribution in [0.25, 0.3) is 99.4 Å². The van der Waals surface area contributed by atoms with Crippen LogP contribution < -0.4 is 0 Å². The number of hydrogen-bond donors (Lipinski definition) is 0. The molecule has 10 rings (SSSR count). The predicted octanol–water partition coefficient (Wildman–Crippen LogP) is 12.8. The second-order valence-corrected chi connectivity index (χ2v) is 13.2. The van der Waals surface area contributed by atoms with Crippen molar-refractivity contribution in [2.75, 3.05) is 0 Å². The number of nitrogens with zero attached hydrogens (tertiary/aromatic N) is 3. The van der Waals surface area contributed by atoms with Crippen LogP contribution in [0.4, 0.5) is 0 Å². The van der Waals surface area contributed by atoms with Crippen LogP contribution in [-0.4, -0.2) is 15.0 Å². The molecule has 0 radical (unpaired) electrons. The van der Waals surface area contributed by atoms with Crippen LogP contribution in [0.1, 0.15) is 0 Å². The van der Waals surface area contributed by atoms with E-state index in [1.165, 1.54) is 54.2 Å². The van der Waals surface area contributed by atoms with Crippen molar-refractivity contribution in [1.29, 1.82) is 0 Å². The van der Waals surface area contributed by atoms with Gasteiger partial charge in [0, 0.05) is 28.5 Å². The number of aromatic nitrogens is 3. The van der Waals surface area contributed by atoms with Crippen molar-refractivity contribution in [2.24, 2.45) is 0 Å².